The Balaban J connectivity index is 1.74. The quantitative estimate of drug-likeness (QED) is 0.458. The lowest BCUT2D eigenvalue weighted by atomic mass is 10.5. The van der Waals surface area contributed by atoms with Gasteiger partial charge in [0.05, 0.1) is 0 Å². The summed E-state index contributed by atoms with van der Waals surface area (Å²) in [6, 6.07) is 1.19. The number of aromatic amines is 2. The van der Waals surface area contributed by atoms with E-state index in [1.54, 1.807) is 6.92 Å². The Labute approximate surface area is 123 Å². The molecule has 0 saturated heterocycles. The van der Waals surface area contributed by atoms with E-state index in [0.29, 0.717) is 17.5 Å². The van der Waals surface area contributed by atoms with Crippen LogP contribution in [0.1, 0.15) is 5.82 Å². The van der Waals surface area contributed by atoms with Gasteiger partial charge in [0.1, 0.15) is 12.4 Å². The average Bonchev–Trinajstić information content (AvgIpc) is 2.84. The molecule has 0 aliphatic carbocycles. The van der Waals surface area contributed by atoms with Crippen molar-refractivity contribution in [3.8, 4) is 0 Å². The topological polar surface area (TPSA) is 126 Å². The van der Waals surface area contributed by atoms with Crippen LogP contribution in [-0.2, 0) is 11.3 Å². The summed E-state index contributed by atoms with van der Waals surface area (Å²) in [6.07, 6.45) is 1.28. The molecule has 0 radical (unpaired) electrons. The van der Waals surface area contributed by atoms with E-state index in [0.717, 1.165) is 10.4 Å². The molecule has 0 aromatic carbocycles. The molecule has 3 N–H and O–H groups in total. The molecule has 0 aliphatic heterocycles. The van der Waals surface area contributed by atoms with Crippen molar-refractivity contribution in [2.24, 2.45) is 0 Å². The highest BCUT2D eigenvalue weighted by molar-refractivity contribution is 7.99. The van der Waals surface area contributed by atoms with E-state index in [1.807, 2.05) is 0 Å². The van der Waals surface area contributed by atoms with Gasteiger partial charge in [0.2, 0.25) is 11.1 Å². The molecule has 10 heteroatoms. The molecule has 0 spiro atoms. The van der Waals surface area contributed by atoms with E-state index in [-0.39, 0.29) is 12.5 Å². The smallest absolute Gasteiger partial charge is 0.328 e. The van der Waals surface area contributed by atoms with Gasteiger partial charge >= 0.3 is 5.69 Å². The van der Waals surface area contributed by atoms with E-state index >= 15 is 0 Å². The van der Waals surface area contributed by atoms with Crippen LogP contribution >= 0.6 is 11.8 Å². The van der Waals surface area contributed by atoms with Gasteiger partial charge in [0.25, 0.3) is 5.56 Å². The molecule has 112 valence electrons. The van der Waals surface area contributed by atoms with Crippen molar-refractivity contribution < 1.29 is 4.79 Å². The zero-order valence-corrected chi connectivity index (χ0v) is 12.1. The number of hydrogen-bond donors (Lipinski definition) is 3. The van der Waals surface area contributed by atoms with Crippen molar-refractivity contribution in [2.45, 2.75) is 18.6 Å². The lowest BCUT2D eigenvalue weighted by Crippen LogP contribution is -2.36. The van der Waals surface area contributed by atoms with Crippen LogP contribution in [0.25, 0.3) is 0 Å². The number of thioether (sulfide) groups is 1. The zero-order valence-electron chi connectivity index (χ0n) is 11.3. The largest absolute Gasteiger partial charge is 0.354 e. The molecule has 0 fully saturated rings. The van der Waals surface area contributed by atoms with Gasteiger partial charge in [-0.3, -0.25) is 24.2 Å². The van der Waals surface area contributed by atoms with Crippen molar-refractivity contribution in [1.29, 1.82) is 0 Å². The third kappa shape index (κ3) is 4.60. The summed E-state index contributed by atoms with van der Waals surface area (Å²) in [5.41, 5.74) is -1.10. The summed E-state index contributed by atoms with van der Waals surface area (Å²) in [4.78, 5) is 40.1. The molecule has 0 atom stereocenters. The van der Waals surface area contributed by atoms with Gasteiger partial charge in [0.15, 0.2) is 0 Å². The number of aromatic nitrogens is 5. The van der Waals surface area contributed by atoms with Crippen molar-refractivity contribution >= 4 is 17.7 Å². The van der Waals surface area contributed by atoms with Crippen LogP contribution in [0, 0.1) is 6.92 Å². The minimum Gasteiger partial charge on any atom is -0.354 e. The summed E-state index contributed by atoms with van der Waals surface area (Å²) in [7, 11) is 0. The second-order valence-corrected chi connectivity index (χ2v) is 5.20. The van der Waals surface area contributed by atoms with Crippen LogP contribution < -0.4 is 16.6 Å². The van der Waals surface area contributed by atoms with Crippen LogP contribution in [-0.4, -0.2) is 42.9 Å². The Morgan fingerprint density at radius 3 is 2.95 bits per heavy atom. The fourth-order valence-corrected chi connectivity index (χ4v) is 2.20. The number of carbonyl (C=O) groups is 1. The van der Waals surface area contributed by atoms with Crippen LogP contribution in [0.4, 0.5) is 0 Å². The third-order valence-electron chi connectivity index (χ3n) is 2.44. The molecule has 2 aromatic heterocycles. The molecule has 0 bridgehead atoms. The first-order valence-corrected chi connectivity index (χ1v) is 7.11. The number of amides is 1. The molecular weight excluding hydrogens is 296 g/mol. The normalized spacial score (nSPS) is 10.5. The first-order valence-electron chi connectivity index (χ1n) is 6.13. The van der Waals surface area contributed by atoms with Gasteiger partial charge < -0.3 is 5.32 Å². The van der Waals surface area contributed by atoms with E-state index in [2.05, 4.69) is 25.5 Å². The Hall–Kier alpha value is -2.36. The third-order valence-corrected chi connectivity index (χ3v) is 3.29. The highest BCUT2D eigenvalue weighted by Crippen LogP contribution is 2.10. The van der Waals surface area contributed by atoms with Crippen LogP contribution in [0.2, 0.25) is 0 Å². The summed E-state index contributed by atoms with van der Waals surface area (Å²) in [5, 5.41) is 9.98. The fraction of sp³-hybridized carbons (Fsp3) is 0.364. The van der Waals surface area contributed by atoms with Crippen molar-refractivity contribution in [3.63, 3.8) is 0 Å². The summed E-state index contributed by atoms with van der Waals surface area (Å²) < 4.78 is 1.13. The lowest BCUT2D eigenvalue weighted by molar-refractivity contribution is -0.121. The predicted octanol–water partition coefficient (Wildman–Crippen LogP) is -1.13. The Kier molecular flexibility index (Phi) is 4.93. The van der Waals surface area contributed by atoms with Crippen LogP contribution in [0.3, 0.4) is 0 Å². The standard InChI is InChI=1S/C11H14N6O3S/c1-7-13-10(16-15-7)21-5-3-12-9(19)6-17-4-2-8(18)14-11(17)20/h2,4H,3,5-6H2,1H3,(H,12,19)(H,13,15,16)(H,14,18,20). The number of H-pyrrole nitrogens is 2. The van der Waals surface area contributed by atoms with Gasteiger partial charge in [0, 0.05) is 24.6 Å². The molecule has 2 heterocycles. The fourth-order valence-electron chi connectivity index (χ4n) is 1.50. The minimum absolute atomic E-state index is 0.139. The number of rotatable bonds is 6. The van der Waals surface area contributed by atoms with E-state index < -0.39 is 11.2 Å². The van der Waals surface area contributed by atoms with Gasteiger partial charge in [-0.05, 0) is 6.92 Å². The number of hydrogen-bond acceptors (Lipinski definition) is 6. The molecular formula is C11H14N6O3S. The van der Waals surface area contributed by atoms with Crippen molar-refractivity contribution in [3.05, 3.63) is 38.9 Å². The molecule has 21 heavy (non-hydrogen) atoms. The molecule has 0 unspecified atom stereocenters. The number of aryl methyl sites for hydroxylation is 1. The molecule has 9 nitrogen and oxygen atoms in total. The minimum atomic E-state index is -0.608. The highest BCUT2D eigenvalue weighted by Gasteiger charge is 2.05. The molecule has 0 aliphatic rings. The van der Waals surface area contributed by atoms with E-state index in [9.17, 15) is 14.4 Å². The molecule has 2 aromatic rings. The monoisotopic (exact) mass is 310 g/mol. The van der Waals surface area contributed by atoms with Crippen molar-refractivity contribution in [2.75, 3.05) is 12.3 Å². The van der Waals surface area contributed by atoms with Crippen molar-refractivity contribution in [1.82, 2.24) is 30.0 Å². The number of nitrogens with one attached hydrogen (secondary N) is 3. The molecule has 1 amide bonds. The Bertz CT molecular complexity index is 734. The lowest BCUT2D eigenvalue weighted by Gasteiger charge is -2.05. The zero-order chi connectivity index (χ0) is 15.2. The predicted molar refractivity (Wildman–Crippen MR) is 76.2 cm³/mol. The maximum atomic E-state index is 11.7. The van der Waals surface area contributed by atoms with E-state index in [1.165, 1.54) is 24.0 Å². The molecule has 2 rings (SSSR count). The summed E-state index contributed by atoms with van der Waals surface area (Å²) in [6.45, 7) is 2.09. The van der Waals surface area contributed by atoms with Gasteiger partial charge in [-0.2, -0.15) is 0 Å². The van der Waals surface area contributed by atoms with Gasteiger partial charge in [-0.25, -0.2) is 9.78 Å². The van der Waals surface area contributed by atoms with Crippen LogP contribution in [0.15, 0.2) is 27.0 Å². The van der Waals surface area contributed by atoms with Gasteiger partial charge in [-0.15, -0.1) is 5.10 Å². The SMILES string of the molecule is Cc1nc(SCCNC(=O)Cn2ccc(=O)[nH]c2=O)n[nH]1. The first kappa shape index (κ1) is 15.0. The summed E-state index contributed by atoms with van der Waals surface area (Å²) in [5.74, 6) is 1.04. The Morgan fingerprint density at radius 1 is 1.48 bits per heavy atom. The maximum Gasteiger partial charge on any atom is 0.328 e. The average molecular weight is 310 g/mol. The number of nitrogens with zero attached hydrogens (tertiary/aromatic N) is 3. The maximum absolute atomic E-state index is 11.7. The van der Waals surface area contributed by atoms with Gasteiger partial charge in [-0.1, -0.05) is 11.8 Å². The summed E-state index contributed by atoms with van der Waals surface area (Å²) >= 11 is 1.41. The van der Waals surface area contributed by atoms with Crippen LogP contribution in [0.5, 0.6) is 0 Å². The second kappa shape index (κ2) is 6.88. The second-order valence-electron chi connectivity index (χ2n) is 4.14. The first-order chi connectivity index (χ1) is 10.0. The number of carbonyl (C=O) groups excluding carboxylic acids is 1. The highest BCUT2D eigenvalue weighted by atomic mass is 32.2. The molecule has 0 saturated carbocycles. The Morgan fingerprint density at radius 2 is 2.29 bits per heavy atom. The van der Waals surface area contributed by atoms with E-state index in [4.69, 9.17) is 0 Å².